The molecule has 1 heterocycles. The van der Waals surface area contributed by atoms with Crippen molar-refractivity contribution in [1.29, 1.82) is 0 Å². The normalized spacial score (nSPS) is 10.8. The Morgan fingerprint density at radius 1 is 1.22 bits per heavy atom. The molecule has 2 aromatic rings. The van der Waals surface area contributed by atoms with Crippen LogP contribution in [-0.2, 0) is 0 Å². The van der Waals surface area contributed by atoms with Gasteiger partial charge in [0.2, 0.25) is 0 Å². The Kier molecular flexibility index (Phi) is 4.03. The van der Waals surface area contributed by atoms with E-state index in [-0.39, 0.29) is 0 Å². The smallest absolute Gasteiger partial charge is 0.130 e. The molecular weight excluding hydrogens is 224 g/mol. The first-order valence-corrected chi connectivity index (χ1v) is 6.50. The van der Waals surface area contributed by atoms with Crippen LogP contribution in [0, 0.1) is 6.92 Å². The summed E-state index contributed by atoms with van der Waals surface area (Å²) in [5.74, 6) is 0.890. The van der Waals surface area contributed by atoms with Gasteiger partial charge in [-0.2, -0.15) is 0 Å². The quantitative estimate of drug-likeness (QED) is 0.644. The van der Waals surface area contributed by atoms with Crippen LogP contribution in [0.4, 0.5) is 5.69 Å². The summed E-state index contributed by atoms with van der Waals surface area (Å²) >= 11 is 0. The Morgan fingerprint density at radius 3 is 2.83 bits per heavy atom. The van der Waals surface area contributed by atoms with Gasteiger partial charge < -0.3 is 10.5 Å². The number of anilines is 1. The first kappa shape index (κ1) is 12.7. The third kappa shape index (κ3) is 2.92. The van der Waals surface area contributed by atoms with Gasteiger partial charge in [-0.15, -0.1) is 0 Å². The van der Waals surface area contributed by atoms with Gasteiger partial charge in [-0.3, -0.25) is 4.98 Å². The van der Waals surface area contributed by atoms with E-state index in [9.17, 15) is 0 Å². The van der Waals surface area contributed by atoms with Crippen LogP contribution in [0.25, 0.3) is 10.9 Å². The summed E-state index contributed by atoms with van der Waals surface area (Å²) in [6.45, 7) is 4.92. The van der Waals surface area contributed by atoms with Crippen LogP contribution in [0.5, 0.6) is 5.75 Å². The number of benzene rings is 1. The molecule has 0 saturated heterocycles. The molecule has 3 nitrogen and oxygen atoms in total. The number of ether oxygens (including phenoxy) is 1. The standard InChI is InChI=1S/C15H20N2O/c1-3-4-5-8-18-15-9-11(2)17-14-7-6-12(16)10-13(14)15/h6-7,9-10H,3-5,8,16H2,1-2H3. The van der Waals surface area contributed by atoms with E-state index in [0.29, 0.717) is 0 Å². The fourth-order valence-corrected chi connectivity index (χ4v) is 1.99. The summed E-state index contributed by atoms with van der Waals surface area (Å²) in [6.07, 6.45) is 3.48. The molecule has 2 N–H and O–H groups in total. The van der Waals surface area contributed by atoms with Gasteiger partial charge in [0.25, 0.3) is 0 Å². The molecule has 1 aromatic heterocycles. The summed E-state index contributed by atoms with van der Waals surface area (Å²) in [4.78, 5) is 4.49. The number of nitrogens with two attached hydrogens (primary N) is 1. The molecule has 3 heteroatoms. The number of rotatable bonds is 5. The van der Waals surface area contributed by atoms with E-state index in [4.69, 9.17) is 10.5 Å². The van der Waals surface area contributed by atoms with Crippen molar-refractivity contribution in [2.75, 3.05) is 12.3 Å². The van der Waals surface area contributed by atoms with E-state index in [0.717, 1.165) is 41.1 Å². The minimum Gasteiger partial charge on any atom is -0.493 e. The van der Waals surface area contributed by atoms with Crippen molar-refractivity contribution in [3.05, 3.63) is 30.0 Å². The number of fused-ring (bicyclic) bond motifs is 1. The molecule has 0 saturated carbocycles. The Balaban J connectivity index is 2.27. The molecular formula is C15H20N2O. The number of aromatic nitrogens is 1. The predicted molar refractivity (Wildman–Crippen MR) is 75.9 cm³/mol. The number of unbranched alkanes of at least 4 members (excludes halogenated alkanes) is 2. The largest absolute Gasteiger partial charge is 0.493 e. The summed E-state index contributed by atoms with van der Waals surface area (Å²) in [5, 5.41) is 0.997. The SMILES string of the molecule is CCCCCOc1cc(C)nc2ccc(N)cc12. The average molecular weight is 244 g/mol. The number of hydrogen-bond donors (Lipinski definition) is 1. The van der Waals surface area contributed by atoms with Crippen LogP contribution in [0.15, 0.2) is 24.3 Å². The third-order valence-corrected chi connectivity index (χ3v) is 2.93. The van der Waals surface area contributed by atoms with Gasteiger partial charge in [0, 0.05) is 22.8 Å². The average Bonchev–Trinajstić information content (AvgIpc) is 2.35. The van der Waals surface area contributed by atoms with Gasteiger partial charge >= 0.3 is 0 Å². The molecule has 0 amide bonds. The molecule has 1 aromatic carbocycles. The topological polar surface area (TPSA) is 48.1 Å². The second-order valence-corrected chi connectivity index (χ2v) is 4.59. The molecule has 0 atom stereocenters. The lowest BCUT2D eigenvalue weighted by Gasteiger charge is -2.10. The first-order valence-electron chi connectivity index (χ1n) is 6.50. The zero-order chi connectivity index (χ0) is 13.0. The number of aryl methyl sites for hydroxylation is 1. The van der Waals surface area contributed by atoms with Crippen LogP contribution >= 0.6 is 0 Å². The molecule has 0 radical (unpaired) electrons. The molecule has 96 valence electrons. The maximum absolute atomic E-state index is 5.86. The minimum atomic E-state index is 0.742. The maximum Gasteiger partial charge on any atom is 0.130 e. The van der Waals surface area contributed by atoms with Gasteiger partial charge in [0.1, 0.15) is 5.75 Å². The monoisotopic (exact) mass is 244 g/mol. The number of hydrogen-bond acceptors (Lipinski definition) is 3. The van der Waals surface area contributed by atoms with E-state index >= 15 is 0 Å². The van der Waals surface area contributed by atoms with Crippen LogP contribution in [0.2, 0.25) is 0 Å². The van der Waals surface area contributed by atoms with Gasteiger partial charge in [-0.05, 0) is 31.5 Å². The molecule has 0 unspecified atom stereocenters. The Morgan fingerprint density at radius 2 is 2.06 bits per heavy atom. The number of pyridine rings is 1. The molecule has 0 spiro atoms. The molecule has 0 aliphatic rings. The van der Waals surface area contributed by atoms with E-state index in [1.165, 1.54) is 12.8 Å². The fraction of sp³-hybridized carbons (Fsp3) is 0.400. The summed E-state index contributed by atoms with van der Waals surface area (Å²) in [5.41, 5.74) is 8.48. The molecule has 0 fully saturated rings. The Labute approximate surface area is 108 Å². The molecule has 18 heavy (non-hydrogen) atoms. The van der Waals surface area contributed by atoms with Gasteiger partial charge in [-0.1, -0.05) is 19.8 Å². The highest BCUT2D eigenvalue weighted by molar-refractivity contribution is 5.87. The van der Waals surface area contributed by atoms with E-state index in [2.05, 4.69) is 11.9 Å². The second-order valence-electron chi connectivity index (χ2n) is 4.59. The van der Waals surface area contributed by atoms with Crippen molar-refractivity contribution in [2.45, 2.75) is 33.1 Å². The highest BCUT2D eigenvalue weighted by atomic mass is 16.5. The van der Waals surface area contributed by atoms with Crippen LogP contribution in [0.1, 0.15) is 31.9 Å². The summed E-state index contributed by atoms with van der Waals surface area (Å²) in [7, 11) is 0. The Bertz CT molecular complexity index is 537. The zero-order valence-electron chi connectivity index (χ0n) is 11.1. The number of nitrogens with zero attached hydrogens (tertiary/aromatic N) is 1. The fourth-order valence-electron chi connectivity index (χ4n) is 1.99. The van der Waals surface area contributed by atoms with Crippen molar-refractivity contribution in [3.8, 4) is 5.75 Å². The van der Waals surface area contributed by atoms with Gasteiger partial charge in [0.05, 0.1) is 12.1 Å². The van der Waals surface area contributed by atoms with E-state index < -0.39 is 0 Å². The minimum absolute atomic E-state index is 0.742. The van der Waals surface area contributed by atoms with Crippen molar-refractivity contribution in [3.63, 3.8) is 0 Å². The lowest BCUT2D eigenvalue weighted by Crippen LogP contribution is -1.99. The van der Waals surface area contributed by atoms with Crippen LogP contribution < -0.4 is 10.5 Å². The highest BCUT2D eigenvalue weighted by Gasteiger charge is 2.05. The lowest BCUT2D eigenvalue weighted by atomic mass is 10.1. The van der Waals surface area contributed by atoms with E-state index in [1.54, 1.807) is 0 Å². The molecule has 0 aliphatic carbocycles. The summed E-state index contributed by atoms with van der Waals surface area (Å²) in [6, 6.07) is 7.72. The number of nitrogen functional groups attached to an aromatic ring is 1. The summed E-state index contributed by atoms with van der Waals surface area (Å²) < 4.78 is 5.86. The molecule has 0 aliphatic heterocycles. The molecule has 2 rings (SSSR count). The van der Waals surface area contributed by atoms with E-state index in [1.807, 2.05) is 31.2 Å². The van der Waals surface area contributed by atoms with Gasteiger partial charge in [-0.25, -0.2) is 0 Å². The second kappa shape index (κ2) is 5.71. The highest BCUT2D eigenvalue weighted by Crippen LogP contribution is 2.27. The molecule has 0 bridgehead atoms. The van der Waals surface area contributed by atoms with Crippen molar-refractivity contribution >= 4 is 16.6 Å². The lowest BCUT2D eigenvalue weighted by molar-refractivity contribution is 0.309. The predicted octanol–water partition coefficient (Wildman–Crippen LogP) is 3.69. The first-order chi connectivity index (χ1) is 8.70. The third-order valence-electron chi connectivity index (χ3n) is 2.93. The Hall–Kier alpha value is -1.77. The van der Waals surface area contributed by atoms with Crippen LogP contribution in [0.3, 0.4) is 0 Å². The zero-order valence-corrected chi connectivity index (χ0v) is 11.1. The van der Waals surface area contributed by atoms with Crippen molar-refractivity contribution < 1.29 is 4.74 Å². The maximum atomic E-state index is 5.86. The van der Waals surface area contributed by atoms with Crippen molar-refractivity contribution in [2.24, 2.45) is 0 Å². The van der Waals surface area contributed by atoms with Gasteiger partial charge in [0.15, 0.2) is 0 Å². The van der Waals surface area contributed by atoms with Crippen molar-refractivity contribution in [1.82, 2.24) is 4.98 Å². The van der Waals surface area contributed by atoms with Crippen LogP contribution in [-0.4, -0.2) is 11.6 Å².